The van der Waals surface area contributed by atoms with E-state index in [1.54, 1.807) is 0 Å². The summed E-state index contributed by atoms with van der Waals surface area (Å²) in [5.74, 6) is 1.30. The average Bonchev–Trinajstić information content (AvgIpc) is 2.73. The molecule has 0 heterocycles. The molecule has 0 unspecified atom stereocenters. The molecule has 4 aromatic carbocycles. The highest BCUT2D eigenvalue weighted by atomic mass is 15.1. The van der Waals surface area contributed by atoms with E-state index < -0.39 is 0 Å². The maximum atomic E-state index is 6.35. The summed E-state index contributed by atoms with van der Waals surface area (Å²) in [5.41, 5.74) is 10.9. The van der Waals surface area contributed by atoms with Crippen LogP contribution in [0.3, 0.4) is 0 Å². The molecule has 3 heteroatoms. The van der Waals surface area contributed by atoms with Gasteiger partial charge in [-0.1, -0.05) is 88.4 Å². The lowest BCUT2D eigenvalue weighted by Crippen LogP contribution is -2.22. The van der Waals surface area contributed by atoms with Gasteiger partial charge < -0.3 is 11.1 Å². The van der Waals surface area contributed by atoms with Gasteiger partial charge in [-0.25, -0.2) is 4.99 Å². The number of benzene rings is 4. The first-order valence-corrected chi connectivity index (χ1v) is 10.6. The van der Waals surface area contributed by atoms with Crippen LogP contribution in [-0.4, -0.2) is 5.96 Å². The zero-order valence-corrected chi connectivity index (χ0v) is 18.1. The predicted octanol–water partition coefficient (Wildman–Crippen LogP) is 7.30. The van der Waals surface area contributed by atoms with E-state index in [9.17, 15) is 0 Å². The predicted molar refractivity (Wildman–Crippen MR) is 131 cm³/mol. The summed E-state index contributed by atoms with van der Waals surface area (Å²) < 4.78 is 0. The highest BCUT2D eigenvalue weighted by Crippen LogP contribution is 2.33. The molecule has 0 amide bonds. The van der Waals surface area contributed by atoms with Gasteiger partial charge in [0.05, 0.1) is 5.69 Å². The molecule has 4 rings (SSSR count). The Kier molecular flexibility index (Phi) is 5.45. The summed E-state index contributed by atoms with van der Waals surface area (Å²) in [4.78, 5) is 4.73. The fraction of sp³-hybridized carbons (Fsp3) is 0.222. The molecule has 3 N–H and O–H groups in total. The second-order valence-corrected chi connectivity index (χ2v) is 8.40. The number of aliphatic imine (C=N–C) groups is 1. The molecule has 4 aromatic rings. The van der Waals surface area contributed by atoms with Crippen molar-refractivity contribution >= 4 is 38.9 Å². The van der Waals surface area contributed by atoms with Crippen molar-refractivity contribution in [1.29, 1.82) is 0 Å². The van der Waals surface area contributed by atoms with Crippen molar-refractivity contribution in [3.8, 4) is 0 Å². The Hall–Kier alpha value is -3.33. The van der Waals surface area contributed by atoms with Crippen LogP contribution >= 0.6 is 0 Å². The van der Waals surface area contributed by atoms with Crippen LogP contribution in [0.4, 0.5) is 11.4 Å². The number of nitrogens with two attached hydrogens (primary N) is 1. The van der Waals surface area contributed by atoms with Crippen molar-refractivity contribution in [2.24, 2.45) is 10.7 Å². The van der Waals surface area contributed by atoms with E-state index in [0.717, 1.165) is 22.1 Å². The smallest absolute Gasteiger partial charge is 0.198 e. The van der Waals surface area contributed by atoms with Crippen LogP contribution in [0.25, 0.3) is 21.5 Å². The van der Waals surface area contributed by atoms with Crippen LogP contribution in [0.15, 0.2) is 77.8 Å². The van der Waals surface area contributed by atoms with E-state index >= 15 is 0 Å². The van der Waals surface area contributed by atoms with Gasteiger partial charge in [0.25, 0.3) is 0 Å². The van der Waals surface area contributed by atoms with Gasteiger partial charge in [0.15, 0.2) is 5.96 Å². The van der Waals surface area contributed by atoms with Crippen molar-refractivity contribution < 1.29 is 0 Å². The van der Waals surface area contributed by atoms with Crippen molar-refractivity contribution in [2.75, 3.05) is 5.32 Å². The molecule has 0 aliphatic heterocycles. The van der Waals surface area contributed by atoms with Crippen LogP contribution in [0.2, 0.25) is 0 Å². The molecule has 0 aliphatic carbocycles. The van der Waals surface area contributed by atoms with Crippen LogP contribution in [0.1, 0.15) is 50.7 Å². The monoisotopic (exact) mass is 395 g/mol. The summed E-state index contributed by atoms with van der Waals surface area (Å²) >= 11 is 0. The quantitative estimate of drug-likeness (QED) is 0.281. The Morgan fingerprint density at radius 1 is 0.667 bits per heavy atom. The largest absolute Gasteiger partial charge is 0.369 e. The number of hydrogen-bond acceptors (Lipinski definition) is 1. The molecule has 0 atom stereocenters. The Morgan fingerprint density at radius 3 is 1.77 bits per heavy atom. The minimum atomic E-state index is 0.389. The molecule has 0 bridgehead atoms. The van der Waals surface area contributed by atoms with Crippen molar-refractivity contribution in [2.45, 2.75) is 39.5 Å². The van der Waals surface area contributed by atoms with Gasteiger partial charge in [0.2, 0.25) is 0 Å². The van der Waals surface area contributed by atoms with Gasteiger partial charge in [0.1, 0.15) is 0 Å². The number of anilines is 1. The first kappa shape index (κ1) is 20.0. The van der Waals surface area contributed by atoms with Gasteiger partial charge in [-0.05, 0) is 45.9 Å². The van der Waals surface area contributed by atoms with Crippen molar-refractivity contribution in [3.05, 3.63) is 83.9 Å². The fourth-order valence-electron chi connectivity index (χ4n) is 4.14. The van der Waals surface area contributed by atoms with E-state index in [1.807, 2.05) is 6.07 Å². The maximum Gasteiger partial charge on any atom is 0.198 e. The topological polar surface area (TPSA) is 50.4 Å². The SMILES string of the molecule is CC(C)c1ccc(N=C(N)Nc2ccc(C(C)C)c3ccccc23)c2ccccc12. The van der Waals surface area contributed by atoms with E-state index in [0.29, 0.717) is 17.8 Å². The first-order valence-electron chi connectivity index (χ1n) is 10.6. The van der Waals surface area contributed by atoms with Gasteiger partial charge in [-0.2, -0.15) is 0 Å². The minimum absolute atomic E-state index is 0.389. The number of nitrogens with one attached hydrogen (secondary N) is 1. The second-order valence-electron chi connectivity index (χ2n) is 8.40. The average molecular weight is 396 g/mol. The number of fused-ring (bicyclic) bond motifs is 2. The standard InChI is InChI=1S/C27H29N3/c1-17(2)19-13-15-25(23-11-7-5-9-21(19)23)29-27(28)30-26-16-14-20(18(3)4)22-10-6-8-12-24(22)26/h5-18H,1-4H3,(H3,28,29,30). The number of guanidine groups is 1. The fourth-order valence-corrected chi connectivity index (χ4v) is 4.14. The Bertz CT molecular complexity index is 1240. The van der Waals surface area contributed by atoms with Crippen LogP contribution in [0.5, 0.6) is 0 Å². The van der Waals surface area contributed by atoms with Gasteiger partial charge >= 0.3 is 0 Å². The summed E-state index contributed by atoms with van der Waals surface area (Å²) in [5, 5.41) is 8.08. The zero-order chi connectivity index (χ0) is 21.3. The van der Waals surface area contributed by atoms with Crippen molar-refractivity contribution in [1.82, 2.24) is 0 Å². The number of hydrogen-bond donors (Lipinski definition) is 2. The molecular formula is C27H29N3. The molecule has 0 radical (unpaired) electrons. The molecule has 152 valence electrons. The van der Waals surface area contributed by atoms with Crippen molar-refractivity contribution in [3.63, 3.8) is 0 Å². The highest BCUT2D eigenvalue weighted by molar-refractivity contribution is 6.06. The Morgan fingerprint density at radius 2 is 1.17 bits per heavy atom. The molecule has 0 aliphatic rings. The highest BCUT2D eigenvalue weighted by Gasteiger charge is 2.11. The summed E-state index contributed by atoms with van der Waals surface area (Å²) in [6, 6.07) is 25.3. The van der Waals surface area contributed by atoms with Crippen LogP contribution in [0, 0.1) is 0 Å². The lowest BCUT2D eigenvalue weighted by molar-refractivity contribution is 0.876. The lowest BCUT2D eigenvalue weighted by Gasteiger charge is -2.15. The summed E-state index contributed by atoms with van der Waals surface area (Å²) in [6.45, 7) is 8.87. The second kappa shape index (κ2) is 8.19. The van der Waals surface area contributed by atoms with Gasteiger partial charge in [-0.3, -0.25) is 0 Å². The minimum Gasteiger partial charge on any atom is -0.369 e. The molecule has 0 saturated carbocycles. The molecule has 0 saturated heterocycles. The van der Waals surface area contributed by atoms with E-state index in [-0.39, 0.29) is 0 Å². The van der Waals surface area contributed by atoms with E-state index in [2.05, 4.69) is 99.7 Å². The van der Waals surface area contributed by atoms with Crippen LogP contribution < -0.4 is 11.1 Å². The lowest BCUT2D eigenvalue weighted by atomic mass is 9.95. The Balaban J connectivity index is 1.75. The molecule has 30 heavy (non-hydrogen) atoms. The van der Waals surface area contributed by atoms with E-state index in [1.165, 1.54) is 21.9 Å². The molecule has 0 aromatic heterocycles. The third-order valence-corrected chi connectivity index (χ3v) is 5.64. The molecule has 0 fully saturated rings. The Labute approximate surface area is 178 Å². The molecule has 0 spiro atoms. The summed E-state index contributed by atoms with van der Waals surface area (Å²) in [6.07, 6.45) is 0. The summed E-state index contributed by atoms with van der Waals surface area (Å²) in [7, 11) is 0. The zero-order valence-electron chi connectivity index (χ0n) is 18.1. The number of nitrogens with zero attached hydrogens (tertiary/aromatic N) is 1. The normalized spacial score (nSPS) is 12.3. The van der Waals surface area contributed by atoms with Gasteiger partial charge in [0, 0.05) is 16.5 Å². The number of rotatable bonds is 4. The molecule has 3 nitrogen and oxygen atoms in total. The third kappa shape index (κ3) is 3.76. The maximum absolute atomic E-state index is 6.35. The first-order chi connectivity index (χ1) is 14.5. The molecular weight excluding hydrogens is 366 g/mol. The van der Waals surface area contributed by atoms with Crippen LogP contribution in [-0.2, 0) is 0 Å². The van der Waals surface area contributed by atoms with Gasteiger partial charge in [-0.15, -0.1) is 0 Å². The third-order valence-electron chi connectivity index (χ3n) is 5.64. The van der Waals surface area contributed by atoms with E-state index in [4.69, 9.17) is 10.7 Å².